The monoisotopic (exact) mass is 354 g/mol. The number of anilines is 1. The van der Waals surface area contributed by atoms with Crippen LogP contribution < -0.4 is 4.90 Å². The van der Waals surface area contributed by atoms with Crippen molar-refractivity contribution in [3.8, 4) is 0 Å². The van der Waals surface area contributed by atoms with Crippen LogP contribution in [0.5, 0.6) is 0 Å². The highest BCUT2D eigenvalue weighted by molar-refractivity contribution is 5.37. The van der Waals surface area contributed by atoms with E-state index in [-0.39, 0.29) is 5.41 Å². The van der Waals surface area contributed by atoms with Crippen molar-refractivity contribution in [2.75, 3.05) is 31.6 Å². The van der Waals surface area contributed by atoms with Crippen molar-refractivity contribution in [3.63, 3.8) is 0 Å². The average molecular weight is 354 g/mol. The van der Waals surface area contributed by atoms with Gasteiger partial charge in [0.1, 0.15) is 11.6 Å². The standard InChI is InChI=1S/C21H30N4O/c1-20(2,3)19-22-12-10-18(23-19)24(4)15-21(26)11-13-25(16-21)14-17-8-6-5-7-9-17/h5-10,12,26H,11,13-16H2,1-4H3. The predicted molar refractivity (Wildman–Crippen MR) is 105 cm³/mol. The van der Waals surface area contributed by atoms with Gasteiger partial charge in [0.25, 0.3) is 0 Å². The predicted octanol–water partition coefficient (Wildman–Crippen LogP) is 2.85. The molecule has 5 nitrogen and oxygen atoms in total. The number of nitrogens with zero attached hydrogens (tertiary/aromatic N) is 4. The van der Waals surface area contributed by atoms with Gasteiger partial charge >= 0.3 is 0 Å². The third-order valence-electron chi connectivity index (χ3n) is 4.89. The second-order valence-electron chi connectivity index (χ2n) is 8.52. The fourth-order valence-electron chi connectivity index (χ4n) is 3.49. The molecule has 0 saturated carbocycles. The van der Waals surface area contributed by atoms with Crippen LogP contribution in [0.1, 0.15) is 38.6 Å². The van der Waals surface area contributed by atoms with Gasteiger partial charge in [-0.1, -0.05) is 51.1 Å². The number of aromatic nitrogens is 2. The van der Waals surface area contributed by atoms with E-state index in [4.69, 9.17) is 4.98 Å². The maximum atomic E-state index is 11.1. The van der Waals surface area contributed by atoms with E-state index in [0.29, 0.717) is 13.1 Å². The summed E-state index contributed by atoms with van der Waals surface area (Å²) >= 11 is 0. The molecular weight excluding hydrogens is 324 g/mol. The SMILES string of the molecule is CN(CC1(O)CCN(Cc2ccccc2)C1)c1ccnc(C(C)(C)C)n1. The molecule has 2 heterocycles. The van der Waals surface area contributed by atoms with Crippen LogP contribution in [0.3, 0.4) is 0 Å². The molecule has 1 saturated heterocycles. The molecular formula is C21H30N4O. The number of likely N-dealkylation sites (tertiary alicyclic amines) is 1. The summed E-state index contributed by atoms with van der Waals surface area (Å²) in [6.07, 6.45) is 2.58. The molecule has 1 aliphatic rings. The first-order valence-corrected chi connectivity index (χ1v) is 9.29. The number of β-amino-alcohol motifs (C(OH)–C–C–N with tert-alkyl or cyclic N) is 1. The average Bonchev–Trinajstić information content (AvgIpc) is 2.95. The van der Waals surface area contributed by atoms with E-state index in [2.05, 4.69) is 54.9 Å². The maximum Gasteiger partial charge on any atom is 0.135 e. The van der Waals surface area contributed by atoms with Crippen molar-refractivity contribution in [1.29, 1.82) is 0 Å². The first-order chi connectivity index (χ1) is 12.3. The lowest BCUT2D eigenvalue weighted by Gasteiger charge is -2.30. The van der Waals surface area contributed by atoms with Crippen LogP contribution in [0.15, 0.2) is 42.6 Å². The molecule has 3 rings (SSSR count). The molecule has 0 amide bonds. The summed E-state index contributed by atoms with van der Waals surface area (Å²) in [5.41, 5.74) is 0.486. The van der Waals surface area contributed by atoms with E-state index in [1.807, 2.05) is 24.1 Å². The van der Waals surface area contributed by atoms with Crippen molar-refractivity contribution in [3.05, 3.63) is 54.0 Å². The van der Waals surface area contributed by atoms with E-state index >= 15 is 0 Å². The molecule has 1 unspecified atom stereocenters. The number of benzene rings is 1. The van der Waals surface area contributed by atoms with E-state index in [0.717, 1.165) is 31.2 Å². The molecule has 5 heteroatoms. The first kappa shape index (κ1) is 18.8. The lowest BCUT2D eigenvalue weighted by atomic mass is 9.96. The molecule has 1 atom stereocenters. The summed E-state index contributed by atoms with van der Waals surface area (Å²) in [6.45, 7) is 9.38. The number of rotatable bonds is 5. The topological polar surface area (TPSA) is 52.5 Å². The van der Waals surface area contributed by atoms with E-state index in [1.165, 1.54) is 5.56 Å². The summed E-state index contributed by atoms with van der Waals surface area (Å²) in [5.74, 6) is 1.69. The summed E-state index contributed by atoms with van der Waals surface area (Å²) in [5, 5.41) is 11.1. The van der Waals surface area contributed by atoms with Crippen molar-refractivity contribution >= 4 is 5.82 Å². The number of aliphatic hydroxyl groups is 1. The lowest BCUT2D eigenvalue weighted by molar-refractivity contribution is 0.0561. The highest BCUT2D eigenvalue weighted by atomic mass is 16.3. The Morgan fingerprint density at radius 2 is 1.92 bits per heavy atom. The van der Waals surface area contributed by atoms with Crippen LogP contribution in [-0.4, -0.2) is 52.3 Å². The van der Waals surface area contributed by atoms with Crippen LogP contribution in [0, 0.1) is 0 Å². The van der Waals surface area contributed by atoms with Crippen LogP contribution in [-0.2, 0) is 12.0 Å². The second kappa shape index (κ2) is 7.33. The molecule has 1 N–H and O–H groups in total. The third kappa shape index (κ3) is 4.59. The Balaban J connectivity index is 1.63. The van der Waals surface area contributed by atoms with Crippen LogP contribution in [0.4, 0.5) is 5.82 Å². The van der Waals surface area contributed by atoms with Gasteiger partial charge in [-0.3, -0.25) is 4.90 Å². The Morgan fingerprint density at radius 1 is 1.19 bits per heavy atom. The highest BCUT2D eigenvalue weighted by Gasteiger charge is 2.37. The van der Waals surface area contributed by atoms with Crippen LogP contribution in [0.2, 0.25) is 0 Å². The van der Waals surface area contributed by atoms with Gasteiger partial charge in [0.2, 0.25) is 0 Å². The van der Waals surface area contributed by atoms with E-state index < -0.39 is 5.60 Å². The van der Waals surface area contributed by atoms with Crippen LogP contribution in [0.25, 0.3) is 0 Å². The first-order valence-electron chi connectivity index (χ1n) is 9.29. The Bertz CT molecular complexity index is 728. The molecule has 1 aromatic heterocycles. The minimum atomic E-state index is -0.712. The molecule has 1 aliphatic heterocycles. The Labute approximate surface area is 156 Å². The molecule has 0 radical (unpaired) electrons. The van der Waals surface area contributed by atoms with Gasteiger partial charge in [0.15, 0.2) is 0 Å². The highest BCUT2D eigenvalue weighted by Crippen LogP contribution is 2.26. The van der Waals surface area contributed by atoms with Crippen LogP contribution >= 0.6 is 0 Å². The number of hydrogen-bond acceptors (Lipinski definition) is 5. The van der Waals surface area contributed by atoms with Gasteiger partial charge in [0.05, 0.1) is 5.60 Å². The van der Waals surface area contributed by atoms with Gasteiger partial charge in [-0.15, -0.1) is 0 Å². The molecule has 0 bridgehead atoms. The van der Waals surface area contributed by atoms with E-state index in [9.17, 15) is 5.11 Å². The molecule has 0 aliphatic carbocycles. The summed E-state index contributed by atoms with van der Waals surface area (Å²) < 4.78 is 0. The molecule has 140 valence electrons. The summed E-state index contributed by atoms with van der Waals surface area (Å²) in [7, 11) is 1.99. The minimum absolute atomic E-state index is 0.0897. The smallest absolute Gasteiger partial charge is 0.135 e. The van der Waals surface area contributed by atoms with Gasteiger partial charge < -0.3 is 10.0 Å². The van der Waals surface area contributed by atoms with Crippen molar-refractivity contribution in [2.24, 2.45) is 0 Å². The van der Waals surface area contributed by atoms with E-state index in [1.54, 1.807) is 6.20 Å². The Kier molecular flexibility index (Phi) is 5.30. The lowest BCUT2D eigenvalue weighted by Crippen LogP contribution is -2.44. The largest absolute Gasteiger partial charge is 0.387 e. The minimum Gasteiger partial charge on any atom is -0.387 e. The quantitative estimate of drug-likeness (QED) is 0.895. The zero-order valence-electron chi connectivity index (χ0n) is 16.3. The molecule has 2 aromatic rings. The zero-order chi connectivity index (χ0) is 18.8. The Hall–Kier alpha value is -1.98. The number of likely N-dealkylation sites (N-methyl/N-ethyl adjacent to an activating group) is 1. The van der Waals surface area contributed by atoms with Crippen molar-refractivity contribution < 1.29 is 5.11 Å². The summed E-state index contributed by atoms with van der Waals surface area (Å²) in [4.78, 5) is 13.5. The fourth-order valence-corrected chi connectivity index (χ4v) is 3.49. The molecule has 26 heavy (non-hydrogen) atoms. The van der Waals surface area contributed by atoms with Gasteiger partial charge in [-0.05, 0) is 18.1 Å². The maximum absolute atomic E-state index is 11.1. The Morgan fingerprint density at radius 3 is 2.62 bits per heavy atom. The fraction of sp³-hybridized carbons (Fsp3) is 0.524. The zero-order valence-corrected chi connectivity index (χ0v) is 16.3. The summed E-state index contributed by atoms with van der Waals surface area (Å²) in [6, 6.07) is 12.3. The van der Waals surface area contributed by atoms with Gasteiger partial charge in [-0.2, -0.15) is 0 Å². The molecule has 1 aromatic carbocycles. The van der Waals surface area contributed by atoms with Crippen molar-refractivity contribution in [2.45, 2.75) is 44.8 Å². The van der Waals surface area contributed by atoms with Crippen molar-refractivity contribution in [1.82, 2.24) is 14.9 Å². The normalized spacial score (nSPS) is 21.1. The van der Waals surface area contributed by atoms with Gasteiger partial charge in [0, 0.05) is 44.8 Å². The number of hydrogen-bond donors (Lipinski definition) is 1. The molecule has 0 spiro atoms. The molecule has 1 fully saturated rings. The third-order valence-corrected chi connectivity index (χ3v) is 4.89. The second-order valence-corrected chi connectivity index (χ2v) is 8.52. The van der Waals surface area contributed by atoms with Gasteiger partial charge in [-0.25, -0.2) is 9.97 Å².